The minimum Gasteiger partial charge on any atom is -0.236 e. The van der Waals surface area contributed by atoms with Crippen LogP contribution in [-0.2, 0) is 0 Å². The van der Waals surface area contributed by atoms with Crippen LogP contribution < -0.4 is 0 Å². The number of aryl methyl sites for hydroxylation is 1. The molecule has 0 N–H and O–H groups in total. The van der Waals surface area contributed by atoms with Crippen LogP contribution in [0.5, 0.6) is 0 Å². The number of hydrogen-bond acceptors (Lipinski definition) is 3. The summed E-state index contributed by atoms with van der Waals surface area (Å²) >= 11 is 1.48. The highest BCUT2D eigenvalue weighted by molar-refractivity contribution is 7.13. The van der Waals surface area contributed by atoms with E-state index in [-0.39, 0.29) is 5.82 Å². The van der Waals surface area contributed by atoms with Gasteiger partial charge < -0.3 is 0 Å². The molecular formula is C17H11FN2S. The maximum absolute atomic E-state index is 13.6. The van der Waals surface area contributed by atoms with Crippen LogP contribution in [0.25, 0.3) is 21.8 Å². The van der Waals surface area contributed by atoms with Crippen molar-refractivity contribution in [1.82, 2.24) is 4.98 Å². The second-order valence-electron chi connectivity index (χ2n) is 4.69. The quantitative estimate of drug-likeness (QED) is 0.681. The van der Waals surface area contributed by atoms with Gasteiger partial charge in [0.25, 0.3) is 0 Å². The van der Waals surface area contributed by atoms with Gasteiger partial charge in [0.05, 0.1) is 17.3 Å². The standard InChI is InChI=1S/C17H11FN2S/c1-11-2-5-14(8-15(11)18)17-20-16(10-21-17)13-6-3-12(9-19)4-7-13/h2-8,10H,1H3. The molecule has 0 aliphatic rings. The van der Waals surface area contributed by atoms with Crippen LogP contribution in [0.3, 0.4) is 0 Å². The number of halogens is 1. The van der Waals surface area contributed by atoms with Crippen molar-refractivity contribution in [2.24, 2.45) is 0 Å². The van der Waals surface area contributed by atoms with E-state index in [1.54, 1.807) is 25.1 Å². The highest BCUT2D eigenvalue weighted by atomic mass is 32.1. The zero-order valence-corrected chi connectivity index (χ0v) is 12.1. The third kappa shape index (κ3) is 2.69. The minimum absolute atomic E-state index is 0.220. The molecular weight excluding hydrogens is 283 g/mol. The zero-order chi connectivity index (χ0) is 14.8. The maximum atomic E-state index is 13.6. The SMILES string of the molecule is Cc1ccc(-c2nc(-c3ccc(C#N)cc3)cs2)cc1F. The maximum Gasteiger partial charge on any atom is 0.126 e. The Balaban J connectivity index is 1.95. The number of benzene rings is 2. The smallest absolute Gasteiger partial charge is 0.126 e. The van der Waals surface area contributed by atoms with E-state index in [4.69, 9.17) is 5.26 Å². The average Bonchev–Trinajstić information content (AvgIpc) is 3.00. The van der Waals surface area contributed by atoms with Crippen LogP contribution in [0, 0.1) is 24.1 Å². The summed E-state index contributed by atoms with van der Waals surface area (Å²) in [6, 6.07) is 14.5. The Morgan fingerprint density at radius 2 is 1.81 bits per heavy atom. The van der Waals surface area contributed by atoms with Gasteiger partial charge in [-0.15, -0.1) is 11.3 Å². The summed E-state index contributed by atoms with van der Waals surface area (Å²) in [6.45, 7) is 1.74. The molecule has 1 heterocycles. The molecule has 0 atom stereocenters. The first-order chi connectivity index (χ1) is 10.2. The van der Waals surface area contributed by atoms with E-state index in [1.165, 1.54) is 17.4 Å². The first kappa shape index (κ1) is 13.5. The second-order valence-corrected chi connectivity index (χ2v) is 5.55. The number of nitrogens with zero attached hydrogens (tertiary/aromatic N) is 2. The van der Waals surface area contributed by atoms with Crippen molar-refractivity contribution in [1.29, 1.82) is 5.26 Å². The third-order valence-corrected chi connectivity index (χ3v) is 4.12. The predicted octanol–water partition coefficient (Wildman–Crippen LogP) is 4.80. The van der Waals surface area contributed by atoms with E-state index in [0.29, 0.717) is 11.1 Å². The highest BCUT2D eigenvalue weighted by Crippen LogP contribution is 2.29. The van der Waals surface area contributed by atoms with Crippen LogP contribution in [0.1, 0.15) is 11.1 Å². The molecule has 0 aliphatic carbocycles. The van der Waals surface area contributed by atoms with E-state index < -0.39 is 0 Å². The van der Waals surface area contributed by atoms with Crippen molar-refractivity contribution >= 4 is 11.3 Å². The molecule has 0 saturated heterocycles. The Morgan fingerprint density at radius 1 is 1.10 bits per heavy atom. The Kier molecular flexibility index (Phi) is 3.51. The Labute approximate surface area is 126 Å². The fourth-order valence-electron chi connectivity index (χ4n) is 1.98. The van der Waals surface area contributed by atoms with Gasteiger partial charge in [0.1, 0.15) is 10.8 Å². The van der Waals surface area contributed by atoms with Crippen LogP contribution in [0.4, 0.5) is 4.39 Å². The fraction of sp³-hybridized carbons (Fsp3) is 0.0588. The highest BCUT2D eigenvalue weighted by Gasteiger charge is 2.08. The molecule has 0 saturated carbocycles. The van der Waals surface area contributed by atoms with Crippen LogP contribution in [-0.4, -0.2) is 4.98 Å². The number of hydrogen-bond donors (Lipinski definition) is 0. The molecule has 2 aromatic carbocycles. The summed E-state index contributed by atoms with van der Waals surface area (Å²) in [5, 5.41) is 11.5. The van der Waals surface area contributed by atoms with Gasteiger partial charge >= 0.3 is 0 Å². The summed E-state index contributed by atoms with van der Waals surface area (Å²) in [6.07, 6.45) is 0. The summed E-state index contributed by atoms with van der Waals surface area (Å²) in [5.41, 5.74) is 3.81. The molecule has 0 unspecified atom stereocenters. The van der Waals surface area contributed by atoms with E-state index in [0.717, 1.165) is 21.8 Å². The van der Waals surface area contributed by atoms with Gasteiger partial charge in [0.15, 0.2) is 0 Å². The molecule has 3 aromatic rings. The first-order valence-corrected chi connectivity index (χ1v) is 7.28. The topological polar surface area (TPSA) is 36.7 Å². The number of thiazole rings is 1. The van der Waals surface area contributed by atoms with Gasteiger partial charge in [0.2, 0.25) is 0 Å². The third-order valence-electron chi connectivity index (χ3n) is 3.23. The largest absolute Gasteiger partial charge is 0.236 e. The van der Waals surface area contributed by atoms with Crippen molar-refractivity contribution in [2.75, 3.05) is 0 Å². The molecule has 3 rings (SSSR count). The van der Waals surface area contributed by atoms with Gasteiger partial charge in [0, 0.05) is 16.5 Å². The lowest BCUT2D eigenvalue weighted by Crippen LogP contribution is -1.84. The lowest BCUT2D eigenvalue weighted by Gasteiger charge is -2.00. The summed E-state index contributed by atoms with van der Waals surface area (Å²) < 4.78 is 13.6. The van der Waals surface area contributed by atoms with Crippen molar-refractivity contribution in [3.8, 4) is 27.9 Å². The molecule has 0 radical (unpaired) electrons. The number of aromatic nitrogens is 1. The minimum atomic E-state index is -0.220. The Morgan fingerprint density at radius 3 is 2.48 bits per heavy atom. The van der Waals surface area contributed by atoms with Crippen LogP contribution >= 0.6 is 11.3 Å². The number of nitriles is 1. The van der Waals surface area contributed by atoms with Crippen molar-refractivity contribution in [3.05, 3.63) is 64.8 Å². The molecule has 21 heavy (non-hydrogen) atoms. The molecule has 1 aromatic heterocycles. The monoisotopic (exact) mass is 294 g/mol. The molecule has 102 valence electrons. The second kappa shape index (κ2) is 5.47. The van der Waals surface area contributed by atoms with Crippen molar-refractivity contribution < 1.29 is 4.39 Å². The van der Waals surface area contributed by atoms with Crippen LogP contribution in [0.2, 0.25) is 0 Å². The van der Waals surface area contributed by atoms with Gasteiger partial charge in [-0.25, -0.2) is 9.37 Å². The van der Waals surface area contributed by atoms with Gasteiger partial charge in [-0.1, -0.05) is 24.3 Å². The molecule has 0 amide bonds. The summed E-state index contributed by atoms with van der Waals surface area (Å²) in [4.78, 5) is 4.55. The van der Waals surface area contributed by atoms with E-state index >= 15 is 0 Å². The molecule has 0 aliphatic heterocycles. The molecule has 2 nitrogen and oxygen atoms in total. The Hall–Kier alpha value is -2.51. The van der Waals surface area contributed by atoms with E-state index in [2.05, 4.69) is 11.1 Å². The van der Waals surface area contributed by atoms with Crippen molar-refractivity contribution in [2.45, 2.75) is 6.92 Å². The first-order valence-electron chi connectivity index (χ1n) is 6.40. The lowest BCUT2D eigenvalue weighted by molar-refractivity contribution is 0.619. The molecule has 4 heteroatoms. The van der Waals surface area contributed by atoms with Crippen LogP contribution in [0.15, 0.2) is 47.8 Å². The van der Waals surface area contributed by atoms with E-state index in [1.807, 2.05) is 23.6 Å². The van der Waals surface area contributed by atoms with Gasteiger partial charge in [-0.05, 0) is 30.7 Å². The normalized spacial score (nSPS) is 10.3. The average molecular weight is 294 g/mol. The van der Waals surface area contributed by atoms with Gasteiger partial charge in [-0.2, -0.15) is 5.26 Å². The Bertz CT molecular complexity index is 829. The molecule has 0 fully saturated rings. The predicted molar refractivity (Wildman–Crippen MR) is 82.4 cm³/mol. The summed E-state index contributed by atoms with van der Waals surface area (Å²) in [7, 11) is 0. The molecule has 0 bridgehead atoms. The van der Waals surface area contributed by atoms with E-state index in [9.17, 15) is 4.39 Å². The summed E-state index contributed by atoms with van der Waals surface area (Å²) in [5.74, 6) is -0.220. The molecule has 0 spiro atoms. The number of rotatable bonds is 2. The lowest BCUT2D eigenvalue weighted by atomic mass is 10.1. The fourth-order valence-corrected chi connectivity index (χ4v) is 2.81. The zero-order valence-electron chi connectivity index (χ0n) is 11.3. The van der Waals surface area contributed by atoms with Gasteiger partial charge in [-0.3, -0.25) is 0 Å². The van der Waals surface area contributed by atoms with Crippen molar-refractivity contribution in [3.63, 3.8) is 0 Å².